The zero-order valence-electron chi connectivity index (χ0n) is 12.2. The average molecular weight is 285 g/mol. The first-order chi connectivity index (χ1) is 10.2. The number of nitrogens with one attached hydrogen (secondary N) is 1. The Balaban J connectivity index is 2.05. The van der Waals surface area contributed by atoms with Gasteiger partial charge in [-0.1, -0.05) is 12.1 Å². The molecular weight excluding hydrogens is 266 g/mol. The molecule has 0 radical (unpaired) electrons. The quantitative estimate of drug-likeness (QED) is 0.910. The molecule has 4 nitrogen and oxygen atoms in total. The molecule has 2 N–H and O–H groups in total. The van der Waals surface area contributed by atoms with Crippen molar-refractivity contribution >= 4 is 0 Å². The van der Waals surface area contributed by atoms with Gasteiger partial charge in [0.15, 0.2) is 11.5 Å². The Morgan fingerprint density at radius 1 is 1.10 bits per heavy atom. The maximum absolute atomic E-state index is 9.75. The van der Waals surface area contributed by atoms with Crippen molar-refractivity contribution in [2.45, 2.75) is 12.5 Å². The van der Waals surface area contributed by atoms with Crippen molar-refractivity contribution in [2.24, 2.45) is 0 Å². The number of ether oxygens (including phenoxy) is 2. The summed E-state index contributed by atoms with van der Waals surface area (Å²) < 4.78 is 10.5. The molecule has 110 valence electrons. The second-order valence-corrected chi connectivity index (χ2v) is 5.13. The normalized spacial score (nSPS) is 17.1. The molecule has 2 aromatic rings. The maximum atomic E-state index is 9.75. The highest BCUT2D eigenvalue weighted by atomic mass is 16.5. The lowest BCUT2D eigenvalue weighted by molar-refractivity contribution is 0.372. The van der Waals surface area contributed by atoms with Crippen LogP contribution in [0, 0.1) is 0 Å². The zero-order valence-corrected chi connectivity index (χ0v) is 12.2. The Hall–Kier alpha value is -2.20. The minimum Gasteiger partial charge on any atom is -0.504 e. The van der Waals surface area contributed by atoms with Gasteiger partial charge in [0.25, 0.3) is 0 Å². The Morgan fingerprint density at radius 2 is 1.95 bits per heavy atom. The molecule has 0 bridgehead atoms. The highest BCUT2D eigenvalue weighted by Crippen LogP contribution is 2.35. The second-order valence-electron chi connectivity index (χ2n) is 5.13. The lowest BCUT2D eigenvalue weighted by atomic mass is 9.89. The van der Waals surface area contributed by atoms with Crippen molar-refractivity contribution in [3.63, 3.8) is 0 Å². The fourth-order valence-corrected chi connectivity index (χ4v) is 2.83. The van der Waals surface area contributed by atoms with Gasteiger partial charge in [-0.3, -0.25) is 0 Å². The fourth-order valence-electron chi connectivity index (χ4n) is 2.83. The summed E-state index contributed by atoms with van der Waals surface area (Å²) in [6.07, 6.45) is 1.01. The van der Waals surface area contributed by atoms with Crippen molar-refractivity contribution in [1.82, 2.24) is 5.32 Å². The fraction of sp³-hybridized carbons (Fsp3) is 0.294. The topological polar surface area (TPSA) is 50.7 Å². The average Bonchev–Trinajstić information content (AvgIpc) is 2.54. The molecule has 1 aliphatic rings. The number of phenolic OH excluding ortho intramolecular Hbond substituents is 1. The zero-order chi connectivity index (χ0) is 14.8. The minimum absolute atomic E-state index is 0.0818. The predicted molar refractivity (Wildman–Crippen MR) is 81.2 cm³/mol. The summed E-state index contributed by atoms with van der Waals surface area (Å²) in [6.45, 7) is 0.924. The number of phenols is 1. The smallest absolute Gasteiger partial charge is 0.160 e. The van der Waals surface area contributed by atoms with Crippen LogP contribution in [0.1, 0.15) is 22.7 Å². The van der Waals surface area contributed by atoms with Gasteiger partial charge in [0.1, 0.15) is 5.75 Å². The van der Waals surface area contributed by atoms with Gasteiger partial charge in [-0.25, -0.2) is 0 Å². The highest BCUT2D eigenvalue weighted by molar-refractivity contribution is 5.48. The first-order valence-electron chi connectivity index (χ1n) is 7.00. The number of hydrogen-bond donors (Lipinski definition) is 2. The number of methoxy groups -OCH3 is 2. The van der Waals surface area contributed by atoms with E-state index in [1.54, 1.807) is 20.3 Å². The molecule has 1 atom stereocenters. The first kappa shape index (κ1) is 13.8. The van der Waals surface area contributed by atoms with E-state index >= 15 is 0 Å². The molecule has 1 aliphatic heterocycles. The monoisotopic (exact) mass is 285 g/mol. The van der Waals surface area contributed by atoms with Crippen LogP contribution in [-0.4, -0.2) is 25.9 Å². The van der Waals surface area contributed by atoms with E-state index in [0.29, 0.717) is 5.75 Å². The van der Waals surface area contributed by atoms with Gasteiger partial charge in [-0.05, 0) is 47.4 Å². The third-order valence-electron chi connectivity index (χ3n) is 3.94. The van der Waals surface area contributed by atoms with E-state index in [-0.39, 0.29) is 11.8 Å². The Morgan fingerprint density at radius 3 is 2.71 bits per heavy atom. The summed E-state index contributed by atoms with van der Waals surface area (Å²) in [6, 6.07) is 11.7. The molecule has 1 heterocycles. The van der Waals surface area contributed by atoms with Crippen LogP contribution in [0.5, 0.6) is 17.2 Å². The van der Waals surface area contributed by atoms with E-state index in [4.69, 9.17) is 9.47 Å². The van der Waals surface area contributed by atoms with E-state index in [1.807, 2.05) is 18.2 Å². The number of fused-ring (bicyclic) bond motifs is 1. The molecule has 0 saturated carbocycles. The highest BCUT2D eigenvalue weighted by Gasteiger charge is 2.22. The second kappa shape index (κ2) is 5.66. The summed E-state index contributed by atoms with van der Waals surface area (Å²) in [5.41, 5.74) is 3.61. The molecule has 0 fully saturated rings. The lowest BCUT2D eigenvalue weighted by Gasteiger charge is -2.28. The third kappa shape index (κ3) is 2.54. The van der Waals surface area contributed by atoms with E-state index in [0.717, 1.165) is 24.3 Å². The van der Waals surface area contributed by atoms with Gasteiger partial charge < -0.3 is 19.9 Å². The number of aromatic hydroxyl groups is 1. The molecule has 21 heavy (non-hydrogen) atoms. The van der Waals surface area contributed by atoms with E-state index in [1.165, 1.54) is 11.1 Å². The summed E-state index contributed by atoms with van der Waals surface area (Å²) in [5.74, 6) is 1.50. The van der Waals surface area contributed by atoms with Crippen LogP contribution in [0.25, 0.3) is 0 Å². The van der Waals surface area contributed by atoms with Gasteiger partial charge >= 0.3 is 0 Å². The molecule has 1 unspecified atom stereocenters. The molecule has 0 aliphatic carbocycles. The van der Waals surface area contributed by atoms with E-state index in [9.17, 15) is 5.11 Å². The minimum atomic E-state index is 0.0818. The number of benzene rings is 2. The summed E-state index contributed by atoms with van der Waals surface area (Å²) in [4.78, 5) is 0. The summed E-state index contributed by atoms with van der Waals surface area (Å²) in [7, 11) is 3.24. The van der Waals surface area contributed by atoms with Gasteiger partial charge in [0, 0.05) is 6.54 Å². The molecule has 0 saturated heterocycles. The molecule has 0 spiro atoms. The lowest BCUT2D eigenvalue weighted by Crippen LogP contribution is -2.30. The summed E-state index contributed by atoms with van der Waals surface area (Å²) in [5, 5.41) is 13.3. The SMILES string of the molecule is COc1ccc2c(c1)C(c1ccc(O)c(OC)c1)NCC2. The molecule has 0 aromatic heterocycles. The first-order valence-corrected chi connectivity index (χ1v) is 7.00. The number of rotatable bonds is 3. The molecule has 4 heteroatoms. The predicted octanol–water partition coefficient (Wildman–Crippen LogP) is 2.64. The van der Waals surface area contributed by atoms with Gasteiger partial charge in [0.05, 0.1) is 20.3 Å². The van der Waals surface area contributed by atoms with Gasteiger partial charge in [-0.15, -0.1) is 0 Å². The summed E-state index contributed by atoms with van der Waals surface area (Å²) >= 11 is 0. The van der Waals surface area contributed by atoms with E-state index < -0.39 is 0 Å². The Labute approximate surface area is 124 Å². The Kier molecular flexibility index (Phi) is 3.71. The standard InChI is InChI=1S/C17H19NO3/c1-20-13-5-3-11-7-8-18-17(14(11)10-13)12-4-6-15(19)16(9-12)21-2/h3-6,9-10,17-19H,7-8H2,1-2H3. The Bertz CT molecular complexity index is 654. The van der Waals surface area contributed by atoms with Crippen molar-refractivity contribution in [3.8, 4) is 17.2 Å². The van der Waals surface area contributed by atoms with Crippen LogP contribution in [0.3, 0.4) is 0 Å². The molecule has 2 aromatic carbocycles. The van der Waals surface area contributed by atoms with Crippen LogP contribution in [0.2, 0.25) is 0 Å². The van der Waals surface area contributed by atoms with Crippen LogP contribution in [0.15, 0.2) is 36.4 Å². The third-order valence-corrected chi connectivity index (χ3v) is 3.94. The van der Waals surface area contributed by atoms with Crippen LogP contribution >= 0.6 is 0 Å². The molecule has 0 amide bonds. The van der Waals surface area contributed by atoms with Gasteiger partial charge in [0.2, 0.25) is 0 Å². The van der Waals surface area contributed by atoms with Crippen molar-refractivity contribution < 1.29 is 14.6 Å². The van der Waals surface area contributed by atoms with Crippen LogP contribution in [0.4, 0.5) is 0 Å². The largest absolute Gasteiger partial charge is 0.504 e. The van der Waals surface area contributed by atoms with Crippen LogP contribution < -0.4 is 14.8 Å². The molecule has 3 rings (SSSR count). The number of hydrogen-bond acceptors (Lipinski definition) is 4. The van der Waals surface area contributed by atoms with Crippen molar-refractivity contribution in [1.29, 1.82) is 0 Å². The van der Waals surface area contributed by atoms with Crippen molar-refractivity contribution in [2.75, 3.05) is 20.8 Å². The maximum Gasteiger partial charge on any atom is 0.160 e. The van der Waals surface area contributed by atoms with Crippen LogP contribution in [-0.2, 0) is 6.42 Å². The van der Waals surface area contributed by atoms with E-state index in [2.05, 4.69) is 17.4 Å². The molecular formula is C17H19NO3. The van der Waals surface area contributed by atoms with Crippen molar-refractivity contribution in [3.05, 3.63) is 53.1 Å². The van der Waals surface area contributed by atoms with Gasteiger partial charge in [-0.2, -0.15) is 0 Å².